The van der Waals surface area contributed by atoms with Gasteiger partial charge >= 0.3 is 0 Å². The lowest BCUT2D eigenvalue weighted by molar-refractivity contribution is 0.433. The topological polar surface area (TPSA) is 48.7 Å². The Morgan fingerprint density at radius 1 is 1.17 bits per heavy atom. The zero-order valence-corrected chi connectivity index (χ0v) is 18.1. The van der Waals surface area contributed by atoms with Crippen molar-refractivity contribution in [3.05, 3.63) is 46.1 Å². The van der Waals surface area contributed by atoms with E-state index in [2.05, 4.69) is 30.5 Å². The highest BCUT2D eigenvalue weighted by molar-refractivity contribution is 6.31. The van der Waals surface area contributed by atoms with Gasteiger partial charge < -0.3 is 5.32 Å². The second-order valence-corrected chi connectivity index (χ2v) is 9.16. The van der Waals surface area contributed by atoms with Gasteiger partial charge in [-0.15, -0.1) is 0 Å². The molecule has 0 spiro atoms. The fourth-order valence-corrected chi connectivity index (χ4v) is 5.32. The Morgan fingerprint density at radius 2 is 2.00 bits per heavy atom. The first kappa shape index (κ1) is 20.2. The lowest BCUT2D eigenvalue weighted by atomic mass is 9.71. The predicted octanol–water partition coefficient (Wildman–Crippen LogP) is 7.16. The van der Waals surface area contributed by atoms with E-state index in [0.717, 1.165) is 49.2 Å². The molecule has 3 nitrogen and oxygen atoms in total. The third kappa shape index (κ3) is 4.59. The van der Waals surface area contributed by atoms with Gasteiger partial charge in [0.1, 0.15) is 0 Å². The summed E-state index contributed by atoms with van der Waals surface area (Å²) in [5.74, 6) is 1.21. The Kier molecular flexibility index (Phi) is 6.40. The molecular formula is C25H30ClN3. The smallest absolute Gasteiger partial charge is 0.0741 e. The summed E-state index contributed by atoms with van der Waals surface area (Å²) in [6, 6.07) is 8.35. The van der Waals surface area contributed by atoms with E-state index in [0.29, 0.717) is 18.3 Å². The summed E-state index contributed by atoms with van der Waals surface area (Å²) >= 11 is 6.28. The van der Waals surface area contributed by atoms with Gasteiger partial charge in [0.15, 0.2) is 0 Å². The molecule has 0 unspecified atom stereocenters. The van der Waals surface area contributed by atoms with Gasteiger partial charge in [0.25, 0.3) is 0 Å². The Balaban J connectivity index is 1.54. The molecule has 0 fully saturated rings. The maximum atomic E-state index is 8.64. The second-order valence-electron chi connectivity index (χ2n) is 8.73. The molecule has 0 amide bonds. The standard InChI is InChI=1S/C25H30ClN3/c1-17-12-18-14-19(13-17)24-23(15-18)29-22-16-20(26)8-9-21(22)25(24)28-11-7-5-3-2-4-6-10-27/h8-9,12,16,18-19H,2-7,11,13-15H2,1H3,(H,28,29)/t18-,19+/m0/s1. The lowest BCUT2D eigenvalue weighted by Gasteiger charge is -2.36. The summed E-state index contributed by atoms with van der Waals surface area (Å²) in [5, 5.41) is 14.4. The van der Waals surface area contributed by atoms with Crippen molar-refractivity contribution in [3.63, 3.8) is 0 Å². The molecule has 1 aromatic carbocycles. The number of nitriles is 1. The summed E-state index contributed by atoms with van der Waals surface area (Å²) in [5.41, 5.74) is 6.55. The van der Waals surface area contributed by atoms with Crippen LogP contribution < -0.4 is 5.32 Å². The van der Waals surface area contributed by atoms with Gasteiger partial charge in [-0.1, -0.05) is 42.5 Å². The normalized spacial score (nSPS) is 20.1. The van der Waals surface area contributed by atoms with Gasteiger partial charge in [-0.2, -0.15) is 5.26 Å². The van der Waals surface area contributed by atoms with Gasteiger partial charge in [-0.05, 0) is 69.1 Å². The number of fused-ring (bicyclic) bond motifs is 5. The summed E-state index contributed by atoms with van der Waals surface area (Å²) in [4.78, 5) is 5.05. The number of aromatic nitrogens is 1. The van der Waals surface area contributed by atoms with Gasteiger partial charge in [0, 0.05) is 40.3 Å². The minimum absolute atomic E-state index is 0.579. The van der Waals surface area contributed by atoms with Crippen molar-refractivity contribution in [1.29, 1.82) is 5.26 Å². The van der Waals surface area contributed by atoms with Crippen molar-refractivity contribution in [1.82, 2.24) is 4.98 Å². The quantitative estimate of drug-likeness (QED) is 0.373. The zero-order chi connectivity index (χ0) is 20.2. The largest absolute Gasteiger partial charge is 0.384 e. The first-order valence-corrected chi connectivity index (χ1v) is 11.4. The molecule has 4 heteroatoms. The van der Waals surface area contributed by atoms with E-state index < -0.39 is 0 Å². The molecule has 2 atom stereocenters. The second kappa shape index (κ2) is 9.18. The molecule has 2 aliphatic rings. The highest BCUT2D eigenvalue weighted by atomic mass is 35.5. The molecule has 152 valence electrons. The van der Waals surface area contributed by atoms with Crippen molar-refractivity contribution in [2.45, 2.75) is 70.6 Å². The molecule has 1 heterocycles. The number of rotatable bonds is 8. The molecule has 1 aromatic heterocycles. The summed E-state index contributed by atoms with van der Waals surface area (Å²) in [6.07, 6.45) is 12.4. The Labute approximate surface area is 179 Å². The minimum atomic E-state index is 0.579. The number of hydrogen-bond donors (Lipinski definition) is 1. The number of pyridine rings is 1. The first-order valence-electron chi connectivity index (χ1n) is 11.1. The molecule has 2 bridgehead atoms. The van der Waals surface area contributed by atoms with Crippen molar-refractivity contribution in [2.75, 3.05) is 11.9 Å². The number of halogens is 1. The maximum Gasteiger partial charge on any atom is 0.0741 e. The van der Waals surface area contributed by atoms with Crippen LogP contribution in [-0.4, -0.2) is 11.5 Å². The minimum Gasteiger partial charge on any atom is -0.384 e. The van der Waals surface area contributed by atoms with Gasteiger partial charge in [0.05, 0.1) is 11.6 Å². The zero-order valence-electron chi connectivity index (χ0n) is 17.3. The van der Waals surface area contributed by atoms with Crippen LogP contribution in [0.3, 0.4) is 0 Å². The number of nitrogens with one attached hydrogen (secondary N) is 1. The molecule has 0 aliphatic heterocycles. The van der Waals surface area contributed by atoms with Crippen LogP contribution >= 0.6 is 11.6 Å². The molecule has 29 heavy (non-hydrogen) atoms. The van der Waals surface area contributed by atoms with Crippen molar-refractivity contribution >= 4 is 28.2 Å². The fraction of sp³-hybridized carbons (Fsp3) is 0.520. The third-order valence-corrected chi connectivity index (χ3v) is 6.61. The lowest BCUT2D eigenvalue weighted by Crippen LogP contribution is -2.24. The van der Waals surface area contributed by atoms with Crippen LogP contribution in [0.1, 0.15) is 75.5 Å². The summed E-state index contributed by atoms with van der Waals surface area (Å²) in [7, 11) is 0. The summed E-state index contributed by atoms with van der Waals surface area (Å²) < 4.78 is 0. The van der Waals surface area contributed by atoms with E-state index in [-0.39, 0.29) is 0 Å². The average molecular weight is 408 g/mol. The number of allylic oxidation sites excluding steroid dienone is 2. The molecule has 2 aromatic rings. The fourth-order valence-electron chi connectivity index (χ4n) is 5.15. The van der Waals surface area contributed by atoms with Crippen molar-refractivity contribution in [3.8, 4) is 6.07 Å². The van der Waals surface area contributed by atoms with Crippen LogP contribution in [0, 0.1) is 17.2 Å². The number of nitrogens with zero attached hydrogens (tertiary/aromatic N) is 2. The van der Waals surface area contributed by atoms with Gasteiger partial charge in [-0.3, -0.25) is 4.98 Å². The van der Waals surface area contributed by atoms with Crippen LogP contribution in [-0.2, 0) is 6.42 Å². The SMILES string of the molecule is CC1=C[C@@H]2Cc3nc4cc(Cl)ccc4c(NCCCCCCCC#N)c3[C@H](C1)C2. The predicted molar refractivity (Wildman–Crippen MR) is 121 cm³/mol. The van der Waals surface area contributed by atoms with E-state index in [1.807, 2.05) is 12.1 Å². The van der Waals surface area contributed by atoms with E-state index in [1.54, 1.807) is 0 Å². The highest BCUT2D eigenvalue weighted by Crippen LogP contribution is 2.47. The molecule has 0 saturated carbocycles. The average Bonchev–Trinajstić information content (AvgIpc) is 2.68. The molecular weight excluding hydrogens is 378 g/mol. The number of anilines is 1. The van der Waals surface area contributed by atoms with Crippen LogP contribution in [0.5, 0.6) is 0 Å². The Morgan fingerprint density at radius 3 is 2.86 bits per heavy atom. The number of hydrogen-bond acceptors (Lipinski definition) is 3. The van der Waals surface area contributed by atoms with Gasteiger partial charge in [-0.25, -0.2) is 0 Å². The van der Waals surface area contributed by atoms with Crippen molar-refractivity contribution < 1.29 is 0 Å². The van der Waals surface area contributed by atoms with Crippen LogP contribution in [0.15, 0.2) is 29.8 Å². The summed E-state index contributed by atoms with van der Waals surface area (Å²) in [6.45, 7) is 3.26. The van der Waals surface area contributed by atoms with Gasteiger partial charge in [0.2, 0.25) is 0 Å². The Hall–Kier alpha value is -2.05. The third-order valence-electron chi connectivity index (χ3n) is 6.37. The molecule has 2 aliphatic carbocycles. The van der Waals surface area contributed by atoms with E-state index >= 15 is 0 Å². The van der Waals surface area contributed by atoms with E-state index in [4.69, 9.17) is 21.8 Å². The van der Waals surface area contributed by atoms with Crippen LogP contribution in [0.25, 0.3) is 10.9 Å². The number of benzene rings is 1. The maximum absolute atomic E-state index is 8.64. The molecule has 1 N–H and O–H groups in total. The highest BCUT2D eigenvalue weighted by Gasteiger charge is 2.33. The van der Waals surface area contributed by atoms with Crippen LogP contribution in [0.4, 0.5) is 5.69 Å². The molecule has 0 saturated heterocycles. The van der Waals surface area contributed by atoms with Crippen LogP contribution in [0.2, 0.25) is 5.02 Å². The first-order chi connectivity index (χ1) is 14.2. The monoisotopic (exact) mass is 407 g/mol. The molecule has 0 radical (unpaired) electrons. The van der Waals surface area contributed by atoms with E-state index in [9.17, 15) is 0 Å². The van der Waals surface area contributed by atoms with E-state index in [1.165, 1.54) is 47.2 Å². The number of unbranched alkanes of at least 4 members (excludes halogenated alkanes) is 5. The Bertz CT molecular complexity index is 957. The molecule has 4 rings (SSSR count). The van der Waals surface area contributed by atoms with Crippen molar-refractivity contribution in [2.24, 2.45) is 5.92 Å².